The van der Waals surface area contributed by atoms with Crippen LogP contribution >= 0.6 is 0 Å². The topological polar surface area (TPSA) is 54.1 Å². The SMILES string of the molecule is CC1(C)COC(=O)N[C@H]1c1cccc2[nH]ccc12. The van der Waals surface area contributed by atoms with Gasteiger partial charge in [0.25, 0.3) is 0 Å². The van der Waals surface area contributed by atoms with E-state index in [2.05, 4.69) is 30.2 Å². The van der Waals surface area contributed by atoms with Crippen LogP contribution < -0.4 is 5.32 Å². The normalized spacial score (nSPS) is 22.6. The molecule has 1 atom stereocenters. The third-order valence-corrected chi connectivity index (χ3v) is 3.56. The van der Waals surface area contributed by atoms with Gasteiger partial charge in [0.15, 0.2) is 0 Å². The Balaban J connectivity index is 2.12. The molecule has 0 spiro atoms. The lowest BCUT2D eigenvalue weighted by Gasteiger charge is -2.38. The van der Waals surface area contributed by atoms with E-state index in [-0.39, 0.29) is 17.6 Å². The summed E-state index contributed by atoms with van der Waals surface area (Å²) < 4.78 is 5.08. The first-order valence-corrected chi connectivity index (χ1v) is 6.07. The molecule has 1 saturated heterocycles. The summed E-state index contributed by atoms with van der Waals surface area (Å²) in [5.74, 6) is 0. The molecule has 1 fully saturated rings. The Hall–Kier alpha value is -1.97. The van der Waals surface area contributed by atoms with Crippen molar-refractivity contribution in [2.75, 3.05) is 6.61 Å². The fraction of sp³-hybridized carbons (Fsp3) is 0.357. The molecule has 0 aliphatic carbocycles. The zero-order valence-electron chi connectivity index (χ0n) is 10.5. The number of aromatic nitrogens is 1. The molecule has 0 unspecified atom stereocenters. The number of aromatic amines is 1. The van der Waals surface area contributed by atoms with Crippen LogP contribution in [-0.2, 0) is 4.74 Å². The number of carbonyl (C=O) groups excluding carboxylic acids is 1. The van der Waals surface area contributed by atoms with Crippen molar-refractivity contribution in [1.82, 2.24) is 10.3 Å². The minimum atomic E-state index is -0.341. The van der Waals surface area contributed by atoms with Crippen molar-refractivity contribution in [1.29, 1.82) is 0 Å². The highest BCUT2D eigenvalue weighted by Crippen LogP contribution is 2.38. The molecular weight excluding hydrogens is 228 g/mol. The molecule has 1 aromatic heterocycles. The molecule has 18 heavy (non-hydrogen) atoms. The first-order chi connectivity index (χ1) is 8.58. The van der Waals surface area contributed by atoms with Gasteiger partial charge in [-0.25, -0.2) is 4.79 Å². The summed E-state index contributed by atoms with van der Waals surface area (Å²) in [5, 5.41) is 4.08. The minimum absolute atomic E-state index is 0.0294. The number of fused-ring (bicyclic) bond motifs is 1. The molecule has 0 radical (unpaired) electrons. The predicted molar refractivity (Wildman–Crippen MR) is 69.3 cm³/mol. The lowest BCUT2D eigenvalue weighted by molar-refractivity contribution is 0.0391. The Bertz CT molecular complexity index is 601. The molecule has 3 rings (SSSR count). The summed E-state index contributed by atoms with van der Waals surface area (Å²) in [6.07, 6.45) is 1.58. The molecule has 2 heterocycles. The maximum atomic E-state index is 11.5. The van der Waals surface area contributed by atoms with Crippen molar-refractivity contribution >= 4 is 17.0 Å². The number of ether oxygens (including phenoxy) is 1. The van der Waals surface area contributed by atoms with E-state index in [0.29, 0.717) is 6.61 Å². The summed E-state index contributed by atoms with van der Waals surface area (Å²) in [6, 6.07) is 8.12. The van der Waals surface area contributed by atoms with Crippen LogP contribution in [0.4, 0.5) is 4.79 Å². The van der Waals surface area contributed by atoms with Crippen LogP contribution in [0.3, 0.4) is 0 Å². The van der Waals surface area contributed by atoms with Gasteiger partial charge in [-0.2, -0.15) is 0 Å². The number of hydrogen-bond donors (Lipinski definition) is 2. The lowest BCUT2D eigenvalue weighted by atomic mass is 9.79. The lowest BCUT2D eigenvalue weighted by Crippen LogP contribution is -2.46. The summed E-state index contributed by atoms with van der Waals surface area (Å²) in [6.45, 7) is 4.63. The van der Waals surface area contributed by atoms with Crippen LogP contribution in [0.2, 0.25) is 0 Å². The predicted octanol–water partition coefficient (Wildman–Crippen LogP) is 2.98. The standard InChI is InChI=1S/C14H16N2O2/c1-14(2)8-18-13(17)16-12(14)10-4-3-5-11-9(10)6-7-15-11/h3-7,12,15H,8H2,1-2H3,(H,16,17)/t12-/m0/s1. The van der Waals surface area contributed by atoms with Gasteiger partial charge in [-0.3, -0.25) is 0 Å². The minimum Gasteiger partial charge on any atom is -0.449 e. The monoisotopic (exact) mass is 244 g/mol. The third-order valence-electron chi connectivity index (χ3n) is 3.56. The second-order valence-corrected chi connectivity index (χ2v) is 5.43. The van der Waals surface area contributed by atoms with Crippen LogP contribution in [0.15, 0.2) is 30.5 Å². The number of rotatable bonds is 1. The molecule has 4 heteroatoms. The molecule has 1 aromatic carbocycles. The average molecular weight is 244 g/mol. The van der Waals surface area contributed by atoms with Crippen LogP contribution in [0.25, 0.3) is 10.9 Å². The van der Waals surface area contributed by atoms with Gasteiger partial charge in [-0.05, 0) is 17.7 Å². The maximum Gasteiger partial charge on any atom is 0.407 e. The van der Waals surface area contributed by atoms with Crippen molar-refractivity contribution < 1.29 is 9.53 Å². The average Bonchev–Trinajstić information content (AvgIpc) is 2.80. The largest absolute Gasteiger partial charge is 0.449 e. The Labute approximate surface area is 105 Å². The molecule has 2 N–H and O–H groups in total. The van der Waals surface area contributed by atoms with E-state index in [1.54, 1.807) is 0 Å². The summed E-state index contributed by atoms with van der Waals surface area (Å²) in [4.78, 5) is 14.7. The maximum absolute atomic E-state index is 11.5. The first-order valence-electron chi connectivity index (χ1n) is 6.07. The highest BCUT2D eigenvalue weighted by Gasteiger charge is 2.38. The summed E-state index contributed by atoms with van der Waals surface area (Å²) in [5.41, 5.74) is 2.10. The van der Waals surface area contributed by atoms with Gasteiger partial charge in [0, 0.05) is 22.5 Å². The zero-order valence-corrected chi connectivity index (χ0v) is 10.5. The van der Waals surface area contributed by atoms with Crippen molar-refractivity contribution in [3.05, 3.63) is 36.0 Å². The second kappa shape index (κ2) is 3.77. The number of alkyl carbamates (subject to hydrolysis) is 1. The smallest absolute Gasteiger partial charge is 0.407 e. The molecule has 4 nitrogen and oxygen atoms in total. The molecule has 0 saturated carbocycles. The van der Waals surface area contributed by atoms with Crippen LogP contribution in [0.5, 0.6) is 0 Å². The fourth-order valence-electron chi connectivity index (χ4n) is 2.55. The zero-order chi connectivity index (χ0) is 12.8. The highest BCUT2D eigenvalue weighted by molar-refractivity contribution is 5.84. The van der Waals surface area contributed by atoms with Crippen molar-refractivity contribution in [3.8, 4) is 0 Å². The van der Waals surface area contributed by atoms with Crippen molar-refractivity contribution in [3.63, 3.8) is 0 Å². The molecule has 1 aliphatic heterocycles. The Kier molecular flexibility index (Phi) is 2.33. The van der Waals surface area contributed by atoms with E-state index in [9.17, 15) is 4.79 Å². The van der Waals surface area contributed by atoms with Crippen LogP contribution in [0, 0.1) is 5.41 Å². The molecule has 1 amide bonds. The first kappa shape index (κ1) is 11.1. The van der Waals surface area contributed by atoms with E-state index in [4.69, 9.17) is 4.74 Å². The van der Waals surface area contributed by atoms with Crippen LogP contribution in [-0.4, -0.2) is 17.7 Å². The molecule has 94 valence electrons. The van der Waals surface area contributed by atoms with Gasteiger partial charge in [0.1, 0.15) is 6.61 Å². The van der Waals surface area contributed by atoms with E-state index >= 15 is 0 Å². The number of H-pyrrole nitrogens is 1. The Morgan fingerprint density at radius 2 is 2.17 bits per heavy atom. The molecule has 0 bridgehead atoms. The van der Waals surface area contributed by atoms with Gasteiger partial charge < -0.3 is 15.0 Å². The van der Waals surface area contributed by atoms with Gasteiger partial charge in [0.2, 0.25) is 0 Å². The third kappa shape index (κ3) is 1.65. The van der Waals surface area contributed by atoms with Crippen molar-refractivity contribution in [2.45, 2.75) is 19.9 Å². The van der Waals surface area contributed by atoms with E-state index < -0.39 is 0 Å². The molecular formula is C14H16N2O2. The van der Waals surface area contributed by atoms with Crippen LogP contribution in [0.1, 0.15) is 25.5 Å². The van der Waals surface area contributed by atoms with E-state index in [0.717, 1.165) is 16.5 Å². The summed E-state index contributed by atoms with van der Waals surface area (Å²) >= 11 is 0. The Morgan fingerprint density at radius 1 is 1.33 bits per heavy atom. The number of cyclic esters (lactones) is 1. The Morgan fingerprint density at radius 3 is 3.00 bits per heavy atom. The van der Waals surface area contributed by atoms with Gasteiger partial charge >= 0.3 is 6.09 Å². The van der Waals surface area contributed by atoms with Gasteiger partial charge in [-0.15, -0.1) is 0 Å². The van der Waals surface area contributed by atoms with Gasteiger partial charge in [0.05, 0.1) is 6.04 Å². The van der Waals surface area contributed by atoms with E-state index in [1.807, 2.05) is 24.4 Å². The number of hydrogen-bond acceptors (Lipinski definition) is 2. The van der Waals surface area contributed by atoms with E-state index in [1.165, 1.54) is 0 Å². The van der Waals surface area contributed by atoms with Gasteiger partial charge in [-0.1, -0.05) is 26.0 Å². The number of nitrogens with one attached hydrogen (secondary N) is 2. The quantitative estimate of drug-likeness (QED) is 0.810. The second-order valence-electron chi connectivity index (χ2n) is 5.43. The van der Waals surface area contributed by atoms with Crippen molar-refractivity contribution in [2.24, 2.45) is 5.41 Å². The number of benzene rings is 1. The number of carbonyl (C=O) groups is 1. The highest BCUT2D eigenvalue weighted by atomic mass is 16.6. The summed E-state index contributed by atoms with van der Waals surface area (Å²) in [7, 11) is 0. The molecule has 2 aromatic rings. The fourth-order valence-corrected chi connectivity index (χ4v) is 2.55. The number of amides is 1. The molecule has 1 aliphatic rings.